The molecule has 50 heavy (non-hydrogen) atoms. The van der Waals surface area contributed by atoms with Gasteiger partial charge in [0.2, 0.25) is 5.82 Å². The molecule has 2 N–H and O–H groups in total. The van der Waals surface area contributed by atoms with Gasteiger partial charge in [0.15, 0.2) is 0 Å². The minimum absolute atomic E-state index is 0. The molecule has 1 radical (unpaired) electrons. The Hall–Kier alpha value is -3.35. The Morgan fingerprint density at radius 1 is 1.04 bits per heavy atom. The van der Waals surface area contributed by atoms with E-state index in [2.05, 4.69) is 36.6 Å². The molecule has 0 amide bonds. The summed E-state index contributed by atoms with van der Waals surface area (Å²) in [7, 11) is 0. The van der Waals surface area contributed by atoms with Crippen LogP contribution in [0.3, 0.4) is 0 Å². The van der Waals surface area contributed by atoms with Crippen molar-refractivity contribution in [2.75, 3.05) is 13.1 Å². The number of nitriles is 1. The number of aromatic amines is 1. The predicted molar refractivity (Wildman–Crippen MR) is 189 cm³/mol. The number of carboxylic acid groups (broad SMARTS) is 1. The second-order valence-electron chi connectivity index (χ2n) is 12.8. The molecule has 2 aliphatic rings. The van der Waals surface area contributed by atoms with E-state index in [4.69, 9.17) is 0 Å². The number of aromatic nitrogens is 6. The maximum absolute atomic E-state index is 13.3. The third kappa shape index (κ3) is 7.62. The first-order valence-corrected chi connectivity index (χ1v) is 16.1. The second-order valence-corrected chi connectivity index (χ2v) is 12.8. The summed E-state index contributed by atoms with van der Waals surface area (Å²) in [5.74, 6) is -0.790. The summed E-state index contributed by atoms with van der Waals surface area (Å²) in [5.41, 5.74) is 2.06. The van der Waals surface area contributed by atoms with E-state index in [0.717, 1.165) is 55.5 Å². The Balaban J connectivity index is 0.000000251. The van der Waals surface area contributed by atoms with E-state index >= 15 is 0 Å². The van der Waals surface area contributed by atoms with Gasteiger partial charge >= 0.3 is 5.97 Å². The molecule has 1 saturated carbocycles. The molecular formula is C36H38ClFKN8O3. The maximum atomic E-state index is 13.3. The van der Waals surface area contributed by atoms with Crippen molar-refractivity contribution in [3.63, 3.8) is 0 Å². The minimum Gasteiger partial charge on any atom is -0.481 e. The molecule has 1 aliphatic carbocycles. The molecular weight excluding hydrogens is 686 g/mol. The van der Waals surface area contributed by atoms with Crippen molar-refractivity contribution in [2.45, 2.75) is 62.8 Å². The number of likely N-dealkylation sites (tertiary alicyclic amines) is 1. The molecule has 2 fully saturated rings. The van der Waals surface area contributed by atoms with Crippen molar-refractivity contribution in [1.29, 1.82) is 5.26 Å². The van der Waals surface area contributed by atoms with Crippen LogP contribution in [0.2, 0.25) is 0 Å². The van der Waals surface area contributed by atoms with E-state index in [9.17, 15) is 24.3 Å². The summed E-state index contributed by atoms with van der Waals surface area (Å²) in [6, 6.07) is 22.5. The molecule has 255 valence electrons. The van der Waals surface area contributed by atoms with Crippen LogP contribution in [0, 0.1) is 30.0 Å². The van der Waals surface area contributed by atoms with Crippen LogP contribution in [-0.2, 0) is 15.6 Å². The summed E-state index contributed by atoms with van der Waals surface area (Å²) in [6.45, 7) is 5.43. The Labute approximate surface area is 338 Å². The average molecular weight is 724 g/mol. The zero-order valence-electron chi connectivity index (χ0n) is 28.3. The van der Waals surface area contributed by atoms with Gasteiger partial charge in [-0.3, -0.25) is 14.0 Å². The number of fused-ring (bicyclic) bond motifs is 1. The number of benzene rings is 2. The van der Waals surface area contributed by atoms with Gasteiger partial charge in [-0.15, -0.1) is 22.6 Å². The number of rotatable bonds is 5. The molecule has 1 saturated heterocycles. The Morgan fingerprint density at radius 3 is 2.34 bits per heavy atom. The summed E-state index contributed by atoms with van der Waals surface area (Å²) in [6.07, 6.45) is 7.00. The fourth-order valence-corrected chi connectivity index (χ4v) is 7.47. The fourth-order valence-electron chi connectivity index (χ4n) is 7.47. The summed E-state index contributed by atoms with van der Waals surface area (Å²) < 4.78 is 14.8. The van der Waals surface area contributed by atoms with Gasteiger partial charge < -0.3 is 10.0 Å². The van der Waals surface area contributed by atoms with Gasteiger partial charge in [-0.05, 0) is 91.6 Å². The van der Waals surface area contributed by atoms with Crippen LogP contribution >= 0.6 is 12.4 Å². The van der Waals surface area contributed by atoms with Gasteiger partial charge in [-0.2, -0.15) is 10.5 Å². The van der Waals surface area contributed by atoms with Crippen LogP contribution in [0.4, 0.5) is 4.39 Å². The number of tetrazole rings is 1. The molecule has 1 aliphatic heterocycles. The number of pyridine rings is 1. The summed E-state index contributed by atoms with van der Waals surface area (Å²) >= 11 is 0. The Morgan fingerprint density at radius 2 is 1.74 bits per heavy atom. The standard InChI is InChI=1S/C26H29FN2O2.C10H8N6O.ClH.K/c1-19-17-29(16-15-26(19,24(30)31)21-5-3-2-4-6-21)23-11-13-25(18-28,14-12-23)20-7-9-22(27)10-8-20;1-6-3-2-4-16-9(6)11-5-7(10(16)17)8-12-14-15-13-8;;/h2-10,19,23H,11-17H2,1H3,(H,30,31);2-5H,1H3,(H,12,13,14,15);1H;/t19-,23?,25?,26-;;;/m1.../s1. The molecule has 2 atom stereocenters. The topological polar surface area (TPSA) is 153 Å². The molecule has 0 unspecified atom stereocenters. The SMILES string of the molecule is C[C@@H]1CN(C2CCC(C#N)(c3ccc(F)cc3)CC2)CC[C@]1(C(=O)O)c1ccccc1.Cc1cccn2c(=O)c(-c3nn[nH]n3)cnc12.Cl.[K]. The summed E-state index contributed by atoms with van der Waals surface area (Å²) in [5, 5.41) is 33.4. The van der Waals surface area contributed by atoms with Gasteiger partial charge in [0.25, 0.3) is 5.56 Å². The molecule has 3 aromatic heterocycles. The molecule has 0 bridgehead atoms. The van der Waals surface area contributed by atoms with Gasteiger partial charge in [0.05, 0.1) is 16.9 Å². The molecule has 4 heterocycles. The number of aliphatic carboxylic acids is 1. The van der Waals surface area contributed by atoms with Gasteiger partial charge in [0.1, 0.15) is 17.0 Å². The van der Waals surface area contributed by atoms with Gasteiger partial charge in [-0.25, -0.2) is 9.37 Å². The maximum Gasteiger partial charge on any atom is 0.314 e. The first-order chi connectivity index (χ1) is 23.2. The van der Waals surface area contributed by atoms with Crippen LogP contribution < -0.4 is 5.56 Å². The number of H-pyrrole nitrogens is 1. The molecule has 0 spiro atoms. The minimum atomic E-state index is -0.850. The van der Waals surface area contributed by atoms with Gasteiger partial charge in [0, 0.05) is 76.4 Å². The predicted octanol–water partition coefficient (Wildman–Crippen LogP) is 5.12. The Kier molecular flexibility index (Phi) is 13.2. The molecule has 5 aromatic rings. The van der Waals surface area contributed by atoms with E-state index in [1.807, 2.05) is 50.2 Å². The number of halogens is 2. The Bertz CT molecular complexity index is 2000. The fraction of sp³-hybridized carbons (Fsp3) is 0.361. The van der Waals surface area contributed by atoms with Crippen LogP contribution in [0.5, 0.6) is 0 Å². The number of nitrogens with zero attached hydrogens (tertiary/aromatic N) is 7. The van der Waals surface area contributed by atoms with E-state index in [-0.39, 0.29) is 86.9 Å². The van der Waals surface area contributed by atoms with Crippen LogP contribution in [0.1, 0.15) is 55.7 Å². The first-order valence-electron chi connectivity index (χ1n) is 16.1. The van der Waals surface area contributed by atoms with E-state index < -0.39 is 16.8 Å². The first kappa shape index (κ1) is 39.4. The van der Waals surface area contributed by atoms with Gasteiger partial charge in [-0.1, -0.05) is 55.5 Å². The van der Waals surface area contributed by atoms with Crippen molar-refractivity contribution >= 4 is 75.4 Å². The summed E-state index contributed by atoms with van der Waals surface area (Å²) in [4.78, 5) is 31.2. The van der Waals surface area contributed by atoms with Crippen molar-refractivity contribution in [1.82, 2.24) is 34.9 Å². The van der Waals surface area contributed by atoms with Crippen molar-refractivity contribution in [3.05, 3.63) is 112 Å². The number of hydrogen-bond donors (Lipinski definition) is 2. The largest absolute Gasteiger partial charge is 0.481 e. The molecule has 14 heteroatoms. The zero-order chi connectivity index (χ0) is 33.9. The number of piperidine rings is 1. The zero-order valence-corrected chi connectivity index (χ0v) is 32.2. The normalized spacial score (nSPS) is 23.3. The molecule has 11 nitrogen and oxygen atoms in total. The third-order valence-electron chi connectivity index (χ3n) is 10.3. The monoisotopic (exact) mass is 723 g/mol. The quantitative estimate of drug-likeness (QED) is 0.235. The number of hydrogen-bond acceptors (Lipinski definition) is 8. The smallest absolute Gasteiger partial charge is 0.314 e. The average Bonchev–Trinajstić information content (AvgIpc) is 3.65. The van der Waals surface area contributed by atoms with E-state index in [1.165, 1.54) is 22.7 Å². The van der Waals surface area contributed by atoms with Crippen molar-refractivity contribution < 1.29 is 14.3 Å². The van der Waals surface area contributed by atoms with Crippen LogP contribution in [0.15, 0.2) is 83.9 Å². The van der Waals surface area contributed by atoms with Crippen molar-refractivity contribution in [3.8, 4) is 17.5 Å². The van der Waals surface area contributed by atoms with Crippen LogP contribution in [-0.4, -0.2) is 117 Å². The number of carbonyl (C=O) groups is 1. The molecule has 2 aromatic carbocycles. The molecule has 7 rings (SSSR count). The number of aryl methyl sites for hydroxylation is 1. The van der Waals surface area contributed by atoms with Crippen LogP contribution in [0.25, 0.3) is 17.0 Å². The second kappa shape index (κ2) is 16.8. The number of carboxylic acids is 1. The third-order valence-corrected chi connectivity index (χ3v) is 10.3. The van der Waals surface area contributed by atoms with E-state index in [0.29, 0.717) is 23.7 Å². The number of nitrogens with one attached hydrogen (secondary N) is 1. The van der Waals surface area contributed by atoms with Crippen molar-refractivity contribution in [2.24, 2.45) is 5.92 Å². The van der Waals surface area contributed by atoms with E-state index in [1.54, 1.807) is 24.4 Å².